The number of carbonyl (C=O) groups is 1. The highest BCUT2D eigenvalue weighted by Gasteiger charge is 2.16. The van der Waals surface area contributed by atoms with E-state index in [0.717, 1.165) is 36.0 Å². The van der Waals surface area contributed by atoms with E-state index in [2.05, 4.69) is 40.7 Å². The lowest BCUT2D eigenvalue weighted by molar-refractivity contribution is 0.252. The maximum atomic E-state index is 12.3. The number of rotatable bonds is 4. The maximum absolute atomic E-state index is 12.3. The van der Waals surface area contributed by atoms with E-state index in [1.165, 1.54) is 23.2 Å². The Morgan fingerprint density at radius 1 is 1.07 bits per heavy atom. The Hall–Kier alpha value is -3.01. The Bertz CT molecular complexity index is 961. The Labute approximate surface area is 160 Å². The second kappa shape index (κ2) is 7.70. The quantitative estimate of drug-likeness (QED) is 0.708. The maximum Gasteiger partial charge on any atom is 0.319 e. The lowest BCUT2D eigenvalue weighted by atomic mass is 10.00. The van der Waals surface area contributed by atoms with Crippen LogP contribution in [0.4, 0.5) is 16.2 Å². The van der Waals surface area contributed by atoms with Gasteiger partial charge in [0.25, 0.3) is 0 Å². The van der Waals surface area contributed by atoms with Crippen molar-refractivity contribution in [3.63, 3.8) is 0 Å². The van der Waals surface area contributed by atoms with Crippen molar-refractivity contribution in [2.75, 3.05) is 29.9 Å². The summed E-state index contributed by atoms with van der Waals surface area (Å²) in [6, 6.07) is 20.5. The van der Waals surface area contributed by atoms with Gasteiger partial charge in [0.1, 0.15) is 0 Å². The summed E-state index contributed by atoms with van der Waals surface area (Å²) in [5.74, 6) is 0. The van der Waals surface area contributed by atoms with Crippen LogP contribution in [-0.4, -0.2) is 25.7 Å². The van der Waals surface area contributed by atoms with Gasteiger partial charge < -0.3 is 15.5 Å². The zero-order valence-electron chi connectivity index (χ0n) is 15.7. The second-order valence-electron chi connectivity index (χ2n) is 7.13. The number of urea groups is 1. The fraction of sp³-hybridized carbons (Fsp3) is 0.261. The SMILES string of the molecule is Cc1ccc2c(c1)CCCN2CCNC(=O)Nc1cccc2ccccc12. The molecule has 4 heteroatoms. The molecule has 2 N–H and O–H groups in total. The first kappa shape index (κ1) is 17.4. The summed E-state index contributed by atoms with van der Waals surface area (Å²) in [6.45, 7) is 4.62. The van der Waals surface area contributed by atoms with Crippen molar-refractivity contribution < 1.29 is 4.79 Å². The summed E-state index contributed by atoms with van der Waals surface area (Å²) in [5, 5.41) is 8.15. The fourth-order valence-corrected chi connectivity index (χ4v) is 3.84. The van der Waals surface area contributed by atoms with Crippen LogP contribution in [0.2, 0.25) is 0 Å². The third kappa shape index (κ3) is 3.90. The molecule has 4 rings (SSSR count). The largest absolute Gasteiger partial charge is 0.370 e. The lowest BCUT2D eigenvalue weighted by Crippen LogP contribution is -2.39. The van der Waals surface area contributed by atoms with Gasteiger partial charge in [-0.05, 0) is 42.8 Å². The van der Waals surface area contributed by atoms with Gasteiger partial charge in [-0.3, -0.25) is 0 Å². The van der Waals surface area contributed by atoms with Crippen molar-refractivity contribution in [3.05, 3.63) is 71.8 Å². The molecule has 3 aromatic rings. The zero-order valence-corrected chi connectivity index (χ0v) is 15.7. The third-order valence-corrected chi connectivity index (χ3v) is 5.15. The van der Waals surface area contributed by atoms with Crippen molar-refractivity contribution in [2.45, 2.75) is 19.8 Å². The molecule has 1 heterocycles. The fourth-order valence-electron chi connectivity index (χ4n) is 3.84. The molecule has 0 bridgehead atoms. The van der Waals surface area contributed by atoms with Crippen LogP contribution in [0.5, 0.6) is 0 Å². The molecule has 0 atom stereocenters. The van der Waals surface area contributed by atoms with Gasteiger partial charge in [-0.15, -0.1) is 0 Å². The number of nitrogens with one attached hydrogen (secondary N) is 2. The predicted molar refractivity (Wildman–Crippen MR) is 113 cm³/mol. The normalized spacial score (nSPS) is 13.3. The number of aryl methyl sites for hydroxylation is 2. The van der Waals surface area contributed by atoms with E-state index >= 15 is 0 Å². The van der Waals surface area contributed by atoms with E-state index in [-0.39, 0.29) is 6.03 Å². The summed E-state index contributed by atoms with van der Waals surface area (Å²) in [7, 11) is 0. The second-order valence-corrected chi connectivity index (χ2v) is 7.13. The standard InChI is InChI=1S/C23H25N3O/c1-17-11-12-22-19(16-17)8-5-14-26(22)15-13-24-23(27)25-21-10-4-7-18-6-2-3-9-20(18)21/h2-4,6-7,9-12,16H,5,8,13-15H2,1H3,(H2,24,25,27). The van der Waals surface area contributed by atoms with Gasteiger partial charge in [-0.25, -0.2) is 4.79 Å². The molecular weight excluding hydrogens is 334 g/mol. The summed E-state index contributed by atoms with van der Waals surface area (Å²) < 4.78 is 0. The Morgan fingerprint density at radius 3 is 2.85 bits per heavy atom. The van der Waals surface area contributed by atoms with Crippen LogP contribution in [-0.2, 0) is 6.42 Å². The molecule has 0 spiro atoms. The minimum absolute atomic E-state index is 0.160. The number of carbonyl (C=O) groups excluding carboxylic acids is 1. The van der Waals surface area contributed by atoms with Gasteiger partial charge in [-0.1, -0.05) is 54.1 Å². The average Bonchev–Trinajstić information content (AvgIpc) is 2.68. The molecule has 0 aromatic heterocycles. The van der Waals surface area contributed by atoms with Crippen LogP contribution < -0.4 is 15.5 Å². The van der Waals surface area contributed by atoms with Crippen LogP contribution in [0.25, 0.3) is 10.8 Å². The smallest absolute Gasteiger partial charge is 0.319 e. The van der Waals surface area contributed by atoms with E-state index in [0.29, 0.717) is 6.54 Å². The number of fused-ring (bicyclic) bond motifs is 2. The molecule has 0 saturated carbocycles. The Balaban J connectivity index is 1.35. The lowest BCUT2D eigenvalue weighted by Gasteiger charge is -2.31. The number of amides is 2. The average molecular weight is 359 g/mol. The van der Waals surface area contributed by atoms with E-state index < -0.39 is 0 Å². The molecule has 138 valence electrons. The number of hydrogen-bond donors (Lipinski definition) is 2. The van der Waals surface area contributed by atoms with E-state index in [9.17, 15) is 4.79 Å². The van der Waals surface area contributed by atoms with Crippen LogP contribution in [0.15, 0.2) is 60.7 Å². The van der Waals surface area contributed by atoms with Crippen molar-refractivity contribution in [3.8, 4) is 0 Å². The van der Waals surface area contributed by atoms with Crippen molar-refractivity contribution >= 4 is 28.2 Å². The van der Waals surface area contributed by atoms with Crippen LogP contribution in [0.1, 0.15) is 17.5 Å². The first-order valence-electron chi connectivity index (χ1n) is 9.58. The van der Waals surface area contributed by atoms with Gasteiger partial charge in [0, 0.05) is 30.7 Å². The molecule has 2 amide bonds. The molecule has 0 fully saturated rings. The van der Waals surface area contributed by atoms with Gasteiger partial charge >= 0.3 is 6.03 Å². The minimum Gasteiger partial charge on any atom is -0.370 e. The molecule has 0 radical (unpaired) electrons. The molecule has 0 unspecified atom stereocenters. The summed E-state index contributed by atoms with van der Waals surface area (Å²) in [6.07, 6.45) is 2.31. The molecule has 3 aromatic carbocycles. The Kier molecular flexibility index (Phi) is 4.97. The third-order valence-electron chi connectivity index (χ3n) is 5.15. The Morgan fingerprint density at radius 2 is 1.93 bits per heavy atom. The van der Waals surface area contributed by atoms with Crippen molar-refractivity contribution in [2.24, 2.45) is 0 Å². The first-order valence-corrected chi connectivity index (χ1v) is 9.58. The number of benzene rings is 3. The highest BCUT2D eigenvalue weighted by molar-refractivity contribution is 6.01. The predicted octanol–water partition coefficient (Wildman–Crippen LogP) is 4.72. The number of anilines is 2. The molecular formula is C23H25N3O. The van der Waals surface area contributed by atoms with Crippen molar-refractivity contribution in [1.29, 1.82) is 0 Å². The van der Waals surface area contributed by atoms with E-state index in [1.54, 1.807) is 0 Å². The summed E-state index contributed by atoms with van der Waals surface area (Å²) >= 11 is 0. The van der Waals surface area contributed by atoms with Gasteiger partial charge in [0.15, 0.2) is 0 Å². The van der Waals surface area contributed by atoms with Crippen LogP contribution in [0, 0.1) is 6.92 Å². The number of nitrogens with zero attached hydrogens (tertiary/aromatic N) is 1. The number of hydrogen-bond acceptors (Lipinski definition) is 2. The van der Waals surface area contributed by atoms with E-state index in [4.69, 9.17) is 0 Å². The highest BCUT2D eigenvalue weighted by atomic mass is 16.2. The molecule has 0 saturated heterocycles. The van der Waals surface area contributed by atoms with E-state index in [1.807, 2.05) is 42.5 Å². The molecule has 27 heavy (non-hydrogen) atoms. The molecule has 1 aliphatic rings. The minimum atomic E-state index is -0.160. The molecule has 1 aliphatic heterocycles. The van der Waals surface area contributed by atoms with Crippen LogP contribution in [0.3, 0.4) is 0 Å². The first-order chi connectivity index (χ1) is 13.2. The van der Waals surface area contributed by atoms with Crippen LogP contribution >= 0.6 is 0 Å². The van der Waals surface area contributed by atoms with Crippen molar-refractivity contribution in [1.82, 2.24) is 5.32 Å². The topological polar surface area (TPSA) is 44.4 Å². The summed E-state index contributed by atoms with van der Waals surface area (Å²) in [5.41, 5.74) is 4.87. The van der Waals surface area contributed by atoms with Gasteiger partial charge in [0.2, 0.25) is 0 Å². The monoisotopic (exact) mass is 359 g/mol. The zero-order chi connectivity index (χ0) is 18.6. The molecule has 4 nitrogen and oxygen atoms in total. The summed E-state index contributed by atoms with van der Waals surface area (Å²) in [4.78, 5) is 14.7. The highest BCUT2D eigenvalue weighted by Crippen LogP contribution is 2.27. The van der Waals surface area contributed by atoms with Gasteiger partial charge in [0.05, 0.1) is 5.69 Å². The van der Waals surface area contributed by atoms with Gasteiger partial charge in [-0.2, -0.15) is 0 Å². The molecule has 0 aliphatic carbocycles.